The highest BCUT2D eigenvalue weighted by molar-refractivity contribution is 9.10. The number of hydrogen-bond acceptors (Lipinski definition) is 2. The molecule has 2 nitrogen and oxygen atoms in total. The first-order valence-electron chi connectivity index (χ1n) is 5.15. The van der Waals surface area contributed by atoms with E-state index in [1.54, 1.807) is 13.4 Å². The molecular weight excluding hydrogens is 303 g/mol. The molecule has 1 heterocycles. The van der Waals surface area contributed by atoms with Gasteiger partial charge in [0.2, 0.25) is 0 Å². The summed E-state index contributed by atoms with van der Waals surface area (Å²) in [7, 11) is 1.66. The summed E-state index contributed by atoms with van der Waals surface area (Å²) in [6.07, 6.45) is 1.62. The van der Waals surface area contributed by atoms with Gasteiger partial charge in [-0.3, -0.25) is 0 Å². The quantitative estimate of drug-likeness (QED) is 0.767. The fourth-order valence-corrected chi connectivity index (χ4v) is 2.63. The number of halogens is 2. The predicted molar refractivity (Wildman–Crippen MR) is 71.8 cm³/mol. The molecule has 0 aliphatic carbocycles. The summed E-state index contributed by atoms with van der Waals surface area (Å²) in [5.41, 5.74) is 3.01. The lowest BCUT2D eigenvalue weighted by molar-refractivity contribution is 0.411. The Morgan fingerprint density at radius 3 is 2.65 bits per heavy atom. The number of ether oxygens (including phenoxy) is 1. The molecule has 2 rings (SSSR count). The van der Waals surface area contributed by atoms with E-state index in [1.165, 1.54) is 0 Å². The molecule has 0 radical (unpaired) electrons. The van der Waals surface area contributed by atoms with Gasteiger partial charge in [0.15, 0.2) is 4.67 Å². The molecule has 0 amide bonds. The second kappa shape index (κ2) is 5.15. The molecule has 1 aromatic heterocycles. The van der Waals surface area contributed by atoms with E-state index >= 15 is 0 Å². The first kappa shape index (κ1) is 12.5. The van der Waals surface area contributed by atoms with E-state index < -0.39 is 0 Å². The average molecular weight is 316 g/mol. The van der Waals surface area contributed by atoms with Crippen LogP contribution in [0.4, 0.5) is 0 Å². The number of furan rings is 1. The molecule has 2 aromatic rings. The van der Waals surface area contributed by atoms with Crippen molar-refractivity contribution < 1.29 is 9.15 Å². The number of rotatable bonds is 3. The highest BCUT2D eigenvalue weighted by Gasteiger charge is 2.16. The molecular formula is C13H12BrClO2. The van der Waals surface area contributed by atoms with Crippen LogP contribution in [0.1, 0.15) is 22.1 Å². The molecule has 0 saturated heterocycles. The predicted octanol–water partition coefficient (Wildman–Crippen LogP) is 4.69. The Morgan fingerprint density at radius 1 is 1.35 bits per heavy atom. The molecule has 0 fully saturated rings. The number of aryl methyl sites for hydroxylation is 1. The van der Waals surface area contributed by atoms with Crippen LogP contribution in [0.15, 0.2) is 39.6 Å². The SMILES string of the molecule is COc1ccc(C(Cl)c2ccoc2Br)cc1C. The van der Waals surface area contributed by atoms with Gasteiger partial charge in [0.05, 0.1) is 18.8 Å². The van der Waals surface area contributed by atoms with Crippen molar-refractivity contribution in [3.05, 3.63) is 51.9 Å². The molecule has 0 N–H and O–H groups in total. The molecule has 0 aliphatic heterocycles. The van der Waals surface area contributed by atoms with Crippen molar-refractivity contribution in [1.29, 1.82) is 0 Å². The third kappa shape index (κ3) is 2.50. The number of alkyl halides is 1. The highest BCUT2D eigenvalue weighted by atomic mass is 79.9. The topological polar surface area (TPSA) is 22.4 Å². The zero-order valence-electron chi connectivity index (χ0n) is 9.54. The monoisotopic (exact) mass is 314 g/mol. The van der Waals surface area contributed by atoms with E-state index in [0.29, 0.717) is 4.67 Å². The first-order valence-corrected chi connectivity index (χ1v) is 6.38. The minimum absolute atomic E-state index is 0.229. The number of hydrogen-bond donors (Lipinski definition) is 0. The smallest absolute Gasteiger partial charge is 0.173 e. The first-order chi connectivity index (χ1) is 8.13. The van der Waals surface area contributed by atoms with Crippen LogP contribution in [-0.2, 0) is 0 Å². The molecule has 0 saturated carbocycles. The van der Waals surface area contributed by atoms with Crippen LogP contribution >= 0.6 is 27.5 Å². The highest BCUT2D eigenvalue weighted by Crippen LogP contribution is 2.35. The Labute approximate surface area is 114 Å². The van der Waals surface area contributed by atoms with E-state index in [4.69, 9.17) is 20.8 Å². The molecule has 4 heteroatoms. The largest absolute Gasteiger partial charge is 0.496 e. The maximum atomic E-state index is 6.41. The summed E-state index contributed by atoms with van der Waals surface area (Å²) >= 11 is 9.75. The average Bonchev–Trinajstić information content (AvgIpc) is 2.74. The standard InChI is InChI=1S/C13H12BrClO2/c1-8-7-9(3-4-11(8)16-2)12(15)10-5-6-17-13(10)14/h3-7,12H,1-2H3. The van der Waals surface area contributed by atoms with Crippen molar-refractivity contribution in [3.63, 3.8) is 0 Å². The maximum absolute atomic E-state index is 6.41. The van der Waals surface area contributed by atoms with Gasteiger partial charge in [-0.15, -0.1) is 11.6 Å². The zero-order chi connectivity index (χ0) is 12.4. The molecule has 1 atom stereocenters. The Kier molecular flexibility index (Phi) is 3.79. The molecule has 90 valence electrons. The van der Waals surface area contributed by atoms with Gasteiger partial charge in [0.25, 0.3) is 0 Å². The van der Waals surface area contributed by atoms with Gasteiger partial charge in [-0.05, 0) is 46.1 Å². The number of benzene rings is 1. The molecule has 0 bridgehead atoms. The van der Waals surface area contributed by atoms with Crippen LogP contribution in [0.5, 0.6) is 5.75 Å². The molecule has 1 unspecified atom stereocenters. The maximum Gasteiger partial charge on any atom is 0.173 e. The molecule has 0 aliphatic rings. The summed E-state index contributed by atoms with van der Waals surface area (Å²) in [6.45, 7) is 2.00. The Morgan fingerprint density at radius 2 is 2.12 bits per heavy atom. The second-order valence-electron chi connectivity index (χ2n) is 3.74. The molecule has 0 spiro atoms. The van der Waals surface area contributed by atoms with Crippen molar-refractivity contribution in [2.24, 2.45) is 0 Å². The third-order valence-corrected chi connectivity index (χ3v) is 3.76. The van der Waals surface area contributed by atoms with E-state index in [1.807, 2.05) is 31.2 Å². The Hall–Kier alpha value is -0.930. The zero-order valence-corrected chi connectivity index (χ0v) is 11.9. The summed E-state index contributed by atoms with van der Waals surface area (Å²) in [6, 6.07) is 7.77. The lowest BCUT2D eigenvalue weighted by atomic mass is 10.0. The Balaban J connectivity index is 2.35. The van der Waals surface area contributed by atoms with Crippen molar-refractivity contribution >= 4 is 27.5 Å². The molecule has 1 aromatic carbocycles. The van der Waals surface area contributed by atoms with Gasteiger partial charge in [0, 0.05) is 5.56 Å². The van der Waals surface area contributed by atoms with Crippen LogP contribution < -0.4 is 4.74 Å². The van der Waals surface area contributed by atoms with Gasteiger partial charge >= 0.3 is 0 Å². The summed E-state index contributed by atoms with van der Waals surface area (Å²) in [5.74, 6) is 0.865. The van der Waals surface area contributed by atoms with Crippen LogP contribution in [0.25, 0.3) is 0 Å². The lowest BCUT2D eigenvalue weighted by Crippen LogP contribution is -1.95. The van der Waals surface area contributed by atoms with E-state index in [9.17, 15) is 0 Å². The Bertz CT molecular complexity index is 522. The van der Waals surface area contributed by atoms with Crippen molar-refractivity contribution in [2.75, 3.05) is 7.11 Å². The normalized spacial score (nSPS) is 12.5. The second-order valence-corrected chi connectivity index (χ2v) is 4.90. The van der Waals surface area contributed by atoms with Crippen molar-refractivity contribution in [3.8, 4) is 5.75 Å². The van der Waals surface area contributed by atoms with E-state index in [0.717, 1.165) is 22.4 Å². The van der Waals surface area contributed by atoms with Crippen LogP contribution in [-0.4, -0.2) is 7.11 Å². The lowest BCUT2D eigenvalue weighted by Gasteiger charge is -2.11. The fraction of sp³-hybridized carbons (Fsp3) is 0.231. The van der Waals surface area contributed by atoms with Crippen molar-refractivity contribution in [1.82, 2.24) is 0 Å². The van der Waals surface area contributed by atoms with Crippen LogP contribution in [0, 0.1) is 6.92 Å². The summed E-state index contributed by atoms with van der Waals surface area (Å²) in [5, 5.41) is -0.229. The van der Waals surface area contributed by atoms with E-state index in [-0.39, 0.29) is 5.38 Å². The van der Waals surface area contributed by atoms with Crippen LogP contribution in [0.3, 0.4) is 0 Å². The van der Waals surface area contributed by atoms with E-state index in [2.05, 4.69) is 15.9 Å². The van der Waals surface area contributed by atoms with Crippen molar-refractivity contribution in [2.45, 2.75) is 12.3 Å². The minimum Gasteiger partial charge on any atom is -0.496 e. The minimum atomic E-state index is -0.229. The van der Waals surface area contributed by atoms with Gasteiger partial charge in [0.1, 0.15) is 5.75 Å². The van der Waals surface area contributed by atoms with Gasteiger partial charge < -0.3 is 9.15 Å². The summed E-state index contributed by atoms with van der Waals surface area (Å²) in [4.78, 5) is 0. The van der Waals surface area contributed by atoms with Gasteiger partial charge in [-0.25, -0.2) is 0 Å². The fourth-order valence-electron chi connectivity index (χ4n) is 1.72. The van der Waals surface area contributed by atoms with Gasteiger partial charge in [-0.1, -0.05) is 12.1 Å². The van der Waals surface area contributed by atoms with Crippen LogP contribution in [0.2, 0.25) is 0 Å². The number of methoxy groups -OCH3 is 1. The third-order valence-electron chi connectivity index (χ3n) is 2.63. The summed E-state index contributed by atoms with van der Waals surface area (Å²) < 4.78 is 11.1. The van der Waals surface area contributed by atoms with Gasteiger partial charge in [-0.2, -0.15) is 0 Å². The molecule has 17 heavy (non-hydrogen) atoms.